The van der Waals surface area contributed by atoms with Crippen molar-refractivity contribution in [2.24, 2.45) is 7.05 Å². The van der Waals surface area contributed by atoms with Crippen LogP contribution in [0.5, 0.6) is 0 Å². The second kappa shape index (κ2) is 9.44. The molecule has 0 aliphatic rings. The number of nitrogens with zero attached hydrogens (tertiary/aromatic N) is 3. The third kappa shape index (κ3) is 4.30. The van der Waals surface area contributed by atoms with E-state index < -0.39 is 5.97 Å². The van der Waals surface area contributed by atoms with Crippen molar-refractivity contribution < 1.29 is 30.0 Å². The van der Waals surface area contributed by atoms with E-state index in [1.54, 1.807) is 18.2 Å². The monoisotopic (exact) mass is 573 g/mol. The summed E-state index contributed by atoms with van der Waals surface area (Å²) in [6.45, 7) is 0. The van der Waals surface area contributed by atoms with E-state index in [1.165, 1.54) is 6.20 Å². The molecule has 0 aliphatic carbocycles. The minimum Gasteiger partial charge on any atom is -0.476 e. The van der Waals surface area contributed by atoms with Crippen LogP contribution in [0.15, 0.2) is 85.1 Å². The molecule has 151 valence electrons. The number of hydrogen-bond donors (Lipinski definition) is 1. The first-order valence-electron chi connectivity index (χ1n) is 9.11. The first-order chi connectivity index (χ1) is 14.1. The number of aromatic nitrogens is 3. The fraction of sp³-hybridized carbons (Fsp3) is 0.0417. The molecular formula is C24H18IrN3O2-. The van der Waals surface area contributed by atoms with E-state index in [0.717, 1.165) is 27.8 Å². The third-order valence-electron chi connectivity index (χ3n) is 4.61. The summed E-state index contributed by atoms with van der Waals surface area (Å²) in [4.78, 5) is 19.2. The Morgan fingerprint density at radius 1 is 0.967 bits per heavy atom. The van der Waals surface area contributed by atoms with Crippen molar-refractivity contribution in [2.45, 2.75) is 0 Å². The molecule has 0 spiro atoms. The number of fused-ring (bicyclic) bond motifs is 2. The SMILES string of the molecule is Cn1c(-c2[c-]cccc2)nc2ccccc21.O=C(O)c1nccc2ccccc12.[Ir]. The van der Waals surface area contributed by atoms with E-state index in [1.807, 2.05) is 61.6 Å². The fourth-order valence-corrected chi connectivity index (χ4v) is 3.21. The minimum atomic E-state index is -0.989. The van der Waals surface area contributed by atoms with Gasteiger partial charge in [0.1, 0.15) is 0 Å². The van der Waals surface area contributed by atoms with Gasteiger partial charge >= 0.3 is 5.97 Å². The van der Waals surface area contributed by atoms with Crippen LogP contribution in [0, 0.1) is 6.07 Å². The van der Waals surface area contributed by atoms with E-state index in [2.05, 4.69) is 26.7 Å². The van der Waals surface area contributed by atoms with Gasteiger partial charge in [-0.25, -0.2) is 9.78 Å². The Morgan fingerprint density at radius 3 is 2.43 bits per heavy atom. The number of pyridine rings is 1. The van der Waals surface area contributed by atoms with Gasteiger partial charge in [0.15, 0.2) is 5.69 Å². The zero-order valence-electron chi connectivity index (χ0n) is 16.1. The summed E-state index contributed by atoms with van der Waals surface area (Å²) in [5.74, 6) is -0.0291. The number of benzene rings is 3. The van der Waals surface area contributed by atoms with Crippen molar-refractivity contribution >= 4 is 27.8 Å². The molecule has 0 saturated heterocycles. The smallest absolute Gasteiger partial charge is 0.355 e. The van der Waals surface area contributed by atoms with Crippen LogP contribution in [0.3, 0.4) is 0 Å². The molecule has 0 fully saturated rings. The Balaban J connectivity index is 0.000000169. The van der Waals surface area contributed by atoms with Gasteiger partial charge in [-0.1, -0.05) is 36.4 Å². The predicted octanol–water partition coefficient (Wildman–Crippen LogP) is 4.97. The predicted molar refractivity (Wildman–Crippen MR) is 114 cm³/mol. The minimum absolute atomic E-state index is 0. The molecule has 0 amide bonds. The van der Waals surface area contributed by atoms with E-state index in [9.17, 15) is 4.79 Å². The molecule has 5 nitrogen and oxygen atoms in total. The second-order valence-corrected chi connectivity index (χ2v) is 6.45. The first-order valence-corrected chi connectivity index (χ1v) is 9.11. The molecule has 0 unspecified atom stereocenters. The molecule has 0 bridgehead atoms. The Kier molecular flexibility index (Phi) is 6.72. The van der Waals surface area contributed by atoms with Gasteiger partial charge in [-0.05, 0) is 23.6 Å². The van der Waals surface area contributed by atoms with E-state index in [0.29, 0.717) is 5.39 Å². The van der Waals surface area contributed by atoms with Crippen LogP contribution in [0.4, 0.5) is 0 Å². The van der Waals surface area contributed by atoms with Crippen LogP contribution in [-0.2, 0) is 27.2 Å². The van der Waals surface area contributed by atoms with Gasteiger partial charge in [0.2, 0.25) is 0 Å². The van der Waals surface area contributed by atoms with Gasteiger partial charge in [0, 0.05) is 38.7 Å². The van der Waals surface area contributed by atoms with Crippen LogP contribution in [-0.4, -0.2) is 25.6 Å². The summed E-state index contributed by atoms with van der Waals surface area (Å²) in [5, 5.41) is 10.4. The molecule has 2 heterocycles. The van der Waals surface area contributed by atoms with Crippen molar-refractivity contribution in [3.05, 3.63) is 96.8 Å². The number of carboxylic acids is 1. The molecule has 0 atom stereocenters. The van der Waals surface area contributed by atoms with Crippen molar-refractivity contribution in [3.8, 4) is 11.4 Å². The number of carboxylic acid groups (broad SMARTS) is 1. The molecule has 3 aromatic carbocycles. The largest absolute Gasteiger partial charge is 0.476 e. The Bertz CT molecular complexity index is 1290. The molecule has 1 N–H and O–H groups in total. The number of aryl methyl sites for hydroxylation is 1. The van der Waals surface area contributed by atoms with Crippen LogP contribution >= 0.6 is 0 Å². The van der Waals surface area contributed by atoms with Crippen LogP contribution in [0.2, 0.25) is 0 Å². The van der Waals surface area contributed by atoms with Gasteiger partial charge < -0.3 is 9.67 Å². The maximum Gasteiger partial charge on any atom is 0.355 e. The summed E-state index contributed by atoms with van der Waals surface area (Å²) in [6.07, 6.45) is 1.51. The number of imidazole rings is 1. The summed E-state index contributed by atoms with van der Waals surface area (Å²) >= 11 is 0. The Hall–Kier alpha value is -3.34. The number of carbonyl (C=O) groups is 1. The fourth-order valence-electron chi connectivity index (χ4n) is 3.21. The van der Waals surface area contributed by atoms with Crippen LogP contribution < -0.4 is 0 Å². The molecule has 2 aromatic heterocycles. The maximum absolute atomic E-state index is 10.8. The van der Waals surface area contributed by atoms with Crippen LogP contribution in [0.25, 0.3) is 33.2 Å². The number of rotatable bonds is 2. The summed E-state index contributed by atoms with van der Waals surface area (Å²) < 4.78 is 2.10. The zero-order chi connectivity index (χ0) is 20.2. The average Bonchev–Trinajstić information content (AvgIpc) is 3.11. The quantitative estimate of drug-likeness (QED) is 0.304. The summed E-state index contributed by atoms with van der Waals surface area (Å²) in [6, 6.07) is 28.3. The van der Waals surface area contributed by atoms with Crippen molar-refractivity contribution in [1.29, 1.82) is 0 Å². The summed E-state index contributed by atoms with van der Waals surface area (Å²) in [5.41, 5.74) is 3.31. The van der Waals surface area contributed by atoms with Crippen molar-refractivity contribution in [2.75, 3.05) is 0 Å². The summed E-state index contributed by atoms with van der Waals surface area (Å²) in [7, 11) is 2.03. The van der Waals surface area contributed by atoms with Gasteiger partial charge in [-0.15, -0.1) is 35.9 Å². The molecule has 5 aromatic rings. The van der Waals surface area contributed by atoms with Gasteiger partial charge in [-0.2, -0.15) is 0 Å². The zero-order valence-corrected chi connectivity index (χ0v) is 18.5. The second-order valence-electron chi connectivity index (χ2n) is 6.45. The van der Waals surface area contributed by atoms with Crippen molar-refractivity contribution in [1.82, 2.24) is 14.5 Å². The average molecular weight is 573 g/mol. The van der Waals surface area contributed by atoms with E-state index in [4.69, 9.17) is 5.11 Å². The first kappa shape index (κ1) is 21.4. The molecule has 5 rings (SSSR count). The number of hydrogen-bond acceptors (Lipinski definition) is 3. The molecule has 0 saturated carbocycles. The van der Waals surface area contributed by atoms with Gasteiger partial charge in [0.25, 0.3) is 0 Å². The van der Waals surface area contributed by atoms with Crippen molar-refractivity contribution in [3.63, 3.8) is 0 Å². The molecule has 6 heteroatoms. The normalized spacial score (nSPS) is 10.2. The molecule has 30 heavy (non-hydrogen) atoms. The number of para-hydroxylation sites is 2. The number of aromatic carboxylic acids is 1. The van der Waals surface area contributed by atoms with Gasteiger partial charge in [0.05, 0.1) is 16.9 Å². The van der Waals surface area contributed by atoms with Crippen LogP contribution in [0.1, 0.15) is 10.5 Å². The Labute approximate surface area is 187 Å². The third-order valence-corrected chi connectivity index (χ3v) is 4.61. The molecule has 0 aliphatic heterocycles. The van der Waals surface area contributed by atoms with Gasteiger partial charge in [-0.3, -0.25) is 4.98 Å². The molecule has 1 radical (unpaired) electrons. The van der Waals surface area contributed by atoms with E-state index in [-0.39, 0.29) is 25.8 Å². The Morgan fingerprint density at radius 2 is 1.70 bits per heavy atom. The van der Waals surface area contributed by atoms with E-state index >= 15 is 0 Å². The topological polar surface area (TPSA) is 68.0 Å². The maximum atomic E-state index is 10.8. The molecular weight excluding hydrogens is 555 g/mol. The standard InChI is InChI=1S/C14H11N2.C10H7NO2.Ir/c1-16-13-10-6-5-9-12(13)15-14(16)11-7-3-2-4-8-11;12-10(13)9-8-4-2-1-3-7(8)5-6-11-9;/h2-7,9-10H,1H3;1-6H,(H,12,13);/q-1;;.